The maximum atomic E-state index is 13.2. The van der Waals surface area contributed by atoms with Crippen molar-refractivity contribution in [1.82, 2.24) is 14.5 Å². The fourth-order valence-electron chi connectivity index (χ4n) is 4.91. The molecule has 2 saturated heterocycles. The van der Waals surface area contributed by atoms with Gasteiger partial charge in [-0.2, -0.15) is 4.31 Å². The number of rotatable bonds is 8. The Kier molecular flexibility index (Phi) is 7.91. The Hall–Kier alpha value is -2.42. The van der Waals surface area contributed by atoms with Crippen LogP contribution in [0.1, 0.15) is 59.6 Å². The molecule has 2 aliphatic rings. The molecule has 1 N–H and O–H groups in total. The summed E-state index contributed by atoms with van der Waals surface area (Å²) in [5.41, 5.74) is 2.12. The molecule has 7 nitrogen and oxygen atoms in total. The van der Waals surface area contributed by atoms with Crippen LogP contribution in [0.2, 0.25) is 0 Å². The van der Waals surface area contributed by atoms with E-state index in [0.29, 0.717) is 30.8 Å². The lowest BCUT2D eigenvalue weighted by Crippen LogP contribution is -2.37. The van der Waals surface area contributed by atoms with Crippen LogP contribution in [0.15, 0.2) is 47.4 Å². The van der Waals surface area contributed by atoms with Crippen molar-refractivity contribution in [3.05, 3.63) is 59.2 Å². The molecule has 34 heavy (non-hydrogen) atoms. The second-order valence-corrected chi connectivity index (χ2v) is 11.1. The molecular weight excluding hydrogens is 450 g/mol. The number of nitrogens with zero attached hydrogens (tertiary/aromatic N) is 2. The van der Waals surface area contributed by atoms with Crippen molar-refractivity contribution in [2.24, 2.45) is 0 Å². The minimum Gasteiger partial charge on any atom is -0.497 e. The standard InChI is InChI=1S/C26H35N3O4S/c1-20-11-12-22(18-25(20)34(31,32)29-15-4-3-5-16-29)26(30)27-19-24(28-13-6-7-14-28)21-9-8-10-23(17-21)33-2/h8-12,17-18,24H,3-7,13-16,19H2,1-2H3,(H,27,30)/t24-/m0/s1. The van der Waals surface area contributed by atoms with E-state index < -0.39 is 10.0 Å². The number of carbonyl (C=O) groups is 1. The molecule has 2 heterocycles. The number of hydrogen-bond acceptors (Lipinski definition) is 5. The zero-order valence-electron chi connectivity index (χ0n) is 20.1. The first-order valence-corrected chi connectivity index (χ1v) is 13.6. The van der Waals surface area contributed by atoms with Gasteiger partial charge >= 0.3 is 0 Å². The highest BCUT2D eigenvalue weighted by atomic mass is 32.2. The zero-order valence-corrected chi connectivity index (χ0v) is 20.9. The van der Waals surface area contributed by atoms with Crippen LogP contribution in [-0.4, -0.2) is 63.4 Å². The minimum atomic E-state index is -3.61. The predicted octanol–water partition coefficient (Wildman–Crippen LogP) is 3.75. The first-order valence-electron chi connectivity index (χ1n) is 12.2. The maximum Gasteiger partial charge on any atom is 0.251 e. The first kappa shape index (κ1) is 24.7. The molecule has 0 unspecified atom stereocenters. The number of likely N-dealkylation sites (tertiary alicyclic amines) is 1. The van der Waals surface area contributed by atoms with Crippen LogP contribution >= 0.6 is 0 Å². The summed E-state index contributed by atoms with van der Waals surface area (Å²) < 4.78 is 33.4. The molecule has 4 rings (SSSR count). The van der Waals surface area contributed by atoms with E-state index in [1.165, 1.54) is 6.07 Å². The summed E-state index contributed by atoms with van der Waals surface area (Å²) >= 11 is 0. The monoisotopic (exact) mass is 485 g/mol. The molecule has 2 aliphatic heterocycles. The Labute approximate surface area is 203 Å². The average Bonchev–Trinajstić information content (AvgIpc) is 3.39. The van der Waals surface area contributed by atoms with Crippen LogP contribution in [0.4, 0.5) is 0 Å². The van der Waals surface area contributed by atoms with E-state index in [4.69, 9.17) is 4.74 Å². The quantitative estimate of drug-likeness (QED) is 0.616. The molecule has 0 bridgehead atoms. The van der Waals surface area contributed by atoms with Crippen LogP contribution in [0, 0.1) is 6.92 Å². The van der Waals surface area contributed by atoms with Crippen LogP contribution < -0.4 is 10.1 Å². The van der Waals surface area contributed by atoms with Gasteiger partial charge in [0.05, 0.1) is 18.0 Å². The summed E-state index contributed by atoms with van der Waals surface area (Å²) in [6.07, 6.45) is 5.09. The number of benzene rings is 2. The third-order valence-electron chi connectivity index (χ3n) is 6.90. The summed E-state index contributed by atoms with van der Waals surface area (Å²) in [4.78, 5) is 15.7. The minimum absolute atomic E-state index is 0.0311. The number of aryl methyl sites for hydroxylation is 1. The van der Waals surface area contributed by atoms with Crippen molar-refractivity contribution in [2.75, 3.05) is 39.8 Å². The van der Waals surface area contributed by atoms with E-state index in [-0.39, 0.29) is 16.8 Å². The Morgan fingerprint density at radius 3 is 2.41 bits per heavy atom. The van der Waals surface area contributed by atoms with Gasteiger partial charge in [-0.25, -0.2) is 8.42 Å². The van der Waals surface area contributed by atoms with Crippen LogP contribution in [0.5, 0.6) is 5.75 Å². The molecule has 184 valence electrons. The van der Waals surface area contributed by atoms with Gasteiger partial charge in [0.15, 0.2) is 0 Å². The molecule has 0 saturated carbocycles. The van der Waals surface area contributed by atoms with Crippen molar-refractivity contribution < 1.29 is 17.9 Å². The largest absolute Gasteiger partial charge is 0.497 e. The normalized spacial score (nSPS) is 18.5. The third-order valence-corrected chi connectivity index (χ3v) is 8.94. The SMILES string of the molecule is COc1cccc([C@H](CNC(=O)c2ccc(C)c(S(=O)(=O)N3CCCCC3)c2)N2CCCC2)c1. The predicted molar refractivity (Wildman–Crippen MR) is 133 cm³/mol. The van der Waals surface area contributed by atoms with Crippen LogP contribution in [-0.2, 0) is 10.0 Å². The molecule has 0 spiro atoms. The van der Waals surface area contributed by atoms with Gasteiger partial charge in [-0.1, -0.05) is 24.6 Å². The second kappa shape index (κ2) is 10.9. The molecular formula is C26H35N3O4S. The lowest BCUT2D eigenvalue weighted by Gasteiger charge is -2.28. The van der Waals surface area contributed by atoms with Gasteiger partial charge in [0.1, 0.15) is 5.75 Å². The van der Waals surface area contributed by atoms with E-state index in [1.54, 1.807) is 30.5 Å². The highest BCUT2D eigenvalue weighted by Crippen LogP contribution is 2.28. The number of ether oxygens (including phenoxy) is 1. The molecule has 2 aromatic carbocycles. The van der Waals surface area contributed by atoms with Crippen LogP contribution in [0.3, 0.4) is 0 Å². The lowest BCUT2D eigenvalue weighted by molar-refractivity contribution is 0.0937. The summed E-state index contributed by atoms with van der Waals surface area (Å²) in [5.74, 6) is 0.529. The Morgan fingerprint density at radius 1 is 1.00 bits per heavy atom. The smallest absolute Gasteiger partial charge is 0.251 e. The van der Waals surface area contributed by atoms with E-state index in [0.717, 1.165) is 56.5 Å². The van der Waals surface area contributed by atoms with Gasteiger partial charge in [0, 0.05) is 25.2 Å². The molecule has 0 radical (unpaired) electrons. The summed E-state index contributed by atoms with van der Waals surface area (Å²) in [6.45, 7) is 5.27. The lowest BCUT2D eigenvalue weighted by atomic mass is 10.0. The molecule has 1 amide bonds. The van der Waals surface area contributed by atoms with E-state index in [1.807, 2.05) is 18.2 Å². The van der Waals surface area contributed by atoms with Crippen LogP contribution in [0.25, 0.3) is 0 Å². The summed E-state index contributed by atoms with van der Waals surface area (Å²) in [5, 5.41) is 3.06. The zero-order chi connectivity index (χ0) is 24.1. The molecule has 1 atom stereocenters. The molecule has 2 aromatic rings. The summed E-state index contributed by atoms with van der Waals surface area (Å²) in [6, 6.07) is 13.0. The van der Waals surface area contributed by atoms with Crippen molar-refractivity contribution in [1.29, 1.82) is 0 Å². The average molecular weight is 486 g/mol. The van der Waals surface area contributed by atoms with Crippen molar-refractivity contribution in [3.63, 3.8) is 0 Å². The topological polar surface area (TPSA) is 78.9 Å². The number of sulfonamides is 1. The van der Waals surface area contributed by atoms with Gasteiger partial charge in [-0.05, 0) is 81.1 Å². The molecule has 0 aliphatic carbocycles. The molecule has 0 aromatic heterocycles. The number of amides is 1. The van der Waals surface area contributed by atoms with Gasteiger partial charge in [-0.15, -0.1) is 0 Å². The number of nitrogens with one attached hydrogen (secondary N) is 1. The Morgan fingerprint density at radius 2 is 1.71 bits per heavy atom. The highest BCUT2D eigenvalue weighted by Gasteiger charge is 2.29. The molecule has 2 fully saturated rings. The summed E-state index contributed by atoms with van der Waals surface area (Å²) in [7, 11) is -1.96. The number of hydrogen-bond donors (Lipinski definition) is 1. The van der Waals surface area contributed by atoms with Crippen molar-refractivity contribution in [3.8, 4) is 5.75 Å². The number of carbonyl (C=O) groups excluding carboxylic acids is 1. The first-order chi connectivity index (χ1) is 16.4. The maximum absolute atomic E-state index is 13.2. The van der Waals surface area contributed by atoms with Gasteiger partial charge < -0.3 is 10.1 Å². The van der Waals surface area contributed by atoms with Crippen molar-refractivity contribution >= 4 is 15.9 Å². The van der Waals surface area contributed by atoms with Crippen molar-refractivity contribution in [2.45, 2.75) is 50.0 Å². The van der Waals surface area contributed by atoms with E-state index in [9.17, 15) is 13.2 Å². The Bertz CT molecular complexity index is 1110. The highest BCUT2D eigenvalue weighted by molar-refractivity contribution is 7.89. The fraction of sp³-hybridized carbons (Fsp3) is 0.500. The van der Waals surface area contributed by atoms with Gasteiger partial charge in [-0.3, -0.25) is 9.69 Å². The van der Waals surface area contributed by atoms with Gasteiger partial charge in [0.25, 0.3) is 5.91 Å². The van der Waals surface area contributed by atoms with Gasteiger partial charge in [0.2, 0.25) is 10.0 Å². The molecule has 8 heteroatoms. The number of piperidine rings is 1. The second-order valence-electron chi connectivity index (χ2n) is 9.19. The van der Waals surface area contributed by atoms with E-state index >= 15 is 0 Å². The van der Waals surface area contributed by atoms with E-state index in [2.05, 4.69) is 16.3 Å². The fourth-order valence-corrected chi connectivity index (χ4v) is 6.68. The third kappa shape index (κ3) is 5.45. The Balaban J connectivity index is 1.52. The number of methoxy groups -OCH3 is 1.